The zero-order valence-electron chi connectivity index (χ0n) is 11.9. The summed E-state index contributed by atoms with van der Waals surface area (Å²) in [6.07, 6.45) is 1.92. The zero-order valence-corrected chi connectivity index (χ0v) is 12.7. The van der Waals surface area contributed by atoms with Crippen LogP contribution in [-0.2, 0) is 34.3 Å². The van der Waals surface area contributed by atoms with Crippen LogP contribution in [0.2, 0.25) is 0 Å². The van der Waals surface area contributed by atoms with Crippen LogP contribution in [0, 0.1) is 0 Å². The monoisotopic (exact) mass is 308 g/mol. The Kier molecular flexibility index (Phi) is 3.99. The van der Waals surface area contributed by atoms with Crippen molar-refractivity contribution < 1.29 is 13.2 Å². The molecule has 0 saturated carbocycles. The Labute approximate surface area is 125 Å². The molecule has 2 aliphatic heterocycles. The van der Waals surface area contributed by atoms with Gasteiger partial charge in [-0.05, 0) is 29.5 Å². The van der Waals surface area contributed by atoms with Crippen LogP contribution in [-0.4, -0.2) is 25.3 Å². The molecule has 3 rings (SSSR count). The number of fused-ring (bicyclic) bond motifs is 1. The summed E-state index contributed by atoms with van der Waals surface area (Å²) in [6.45, 7) is 2.13. The highest BCUT2D eigenvalue weighted by Crippen LogP contribution is 2.20. The number of amides is 1. The van der Waals surface area contributed by atoms with Gasteiger partial charge in [0.25, 0.3) is 0 Å². The van der Waals surface area contributed by atoms with Crippen molar-refractivity contribution >= 4 is 15.7 Å². The molecular weight excluding hydrogens is 288 g/mol. The molecule has 2 N–H and O–H groups in total. The average molecular weight is 308 g/mol. The number of rotatable bonds is 3. The molecule has 2 aliphatic rings. The maximum Gasteiger partial charge on any atom is 0.238 e. The second kappa shape index (κ2) is 5.77. The summed E-state index contributed by atoms with van der Waals surface area (Å²) < 4.78 is 23.8. The number of nitrogens with one attached hydrogen (secondary N) is 2. The van der Waals surface area contributed by atoms with E-state index >= 15 is 0 Å². The molecule has 6 heteroatoms. The van der Waals surface area contributed by atoms with Gasteiger partial charge in [0.2, 0.25) is 5.91 Å². The third-order valence-corrected chi connectivity index (χ3v) is 6.41. The predicted molar refractivity (Wildman–Crippen MR) is 80.3 cm³/mol. The average Bonchev–Trinajstić information content (AvgIpc) is 2.91. The lowest BCUT2D eigenvalue weighted by molar-refractivity contribution is -0.121. The van der Waals surface area contributed by atoms with E-state index in [0.29, 0.717) is 19.4 Å². The third kappa shape index (κ3) is 3.11. The Morgan fingerprint density at radius 2 is 2.05 bits per heavy atom. The molecule has 1 aromatic rings. The molecule has 1 amide bonds. The van der Waals surface area contributed by atoms with Crippen LogP contribution in [0.5, 0.6) is 0 Å². The fraction of sp³-hybridized carbons (Fsp3) is 0.533. The quantitative estimate of drug-likeness (QED) is 0.869. The van der Waals surface area contributed by atoms with E-state index in [4.69, 9.17) is 0 Å². The maximum atomic E-state index is 12.1. The fourth-order valence-electron chi connectivity index (χ4n) is 3.01. The minimum absolute atomic E-state index is 0.135. The summed E-state index contributed by atoms with van der Waals surface area (Å²) in [5.41, 5.74) is 3.56. The maximum absolute atomic E-state index is 12.1. The number of sulfone groups is 1. The molecule has 0 aromatic heterocycles. The van der Waals surface area contributed by atoms with Gasteiger partial charge in [0.1, 0.15) is 5.25 Å². The molecule has 2 heterocycles. The topological polar surface area (TPSA) is 75.3 Å². The molecule has 1 aromatic carbocycles. The molecule has 1 atom stereocenters. The molecule has 0 bridgehead atoms. The highest BCUT2D eigenvalue weighted by Gasteiger charge is 2.34. The first-order chi connectivity index (χ1) is 10.1. The summed E-state index contributed by atoms with van der Waals surface area (Å²) >= 11 is 0. The van der Waals surface area contributed by atoms with Crippen LogP contribution < -0.4 is 10.6 Å². The van der Waals surface area contributed by atoms with Gasteiger partial charge in [-0.2, -0.15) is 0 Å². The first-order valence-corrected chi connectivity index (χ1v) is 9.08. The molecule has 1 saturated heterocycles. The van der Waals surface area contributed by atoms with Gasteiger partial charge in [-0.3, -0.25) is 4.79 Å². The number of carbonyl (C=O) groups excluding carboxylic acids is 1. The summed E-state index contributed by atoms with van der Waals surface area (Å²) in [5, 5.41) is 5.19. The second-order valence-corrected chi connectivity index (χ2v) is 8.08. The smallest absolute Gasteiger partial charge is 0.238 e. The molecule has 1 fully saturated rings. The highest BCUT2D eigenvalue weighted by molar-refractivity contribution is 7.92. The Morgan fingerprint density at radius 1 is 1.24 bits per heavy atom. The van der Waals surface area contributed by atoms with E-state index in [1.165, 1.54) is 11.1 Å². The molecule has 0 spiro atoms. The minimum Gasteiger partial charge on any atom is -0.351 e. The van der Waals surface area contributed by atoms with E-state index in [2.05, 4.69) is 22.8 Å². The number of benzene rings is 1. The largest absolute Gasteiger partial charge is 0.351 e. The third-order valence-electron chi connectivity index (χ3n) is 4.24. The Hall–Kier alpha value is -1.40. The molecule has 1 unspecified atom stereocenters. The van der Waals surface area contributed by atoms with Crippen molar-refractivity contribution in [3.8, 4) is 0 Å². The summed E-state index contributed by atoms with van der Waals surface area (Å²) in [7, 11) is -3.26. The van der Waals surface area contributed by atoms with E-state index in [9.17, 15) is 13.2 Å². The standard InChI is InChI=1S/C15H20N2O3S/c18-15(14-3-1-2-6-21(14,19)20)17-8-11-4-5-12-9-16-10-13(12)7-11/h4-5,7,14,16H,1-3,6,8-10H2,(H,17,18). The van der Waals surface area contributed by atoms with Gasteiger partial charge < -0.3 is 10.6 Å². The van der Waals surface area contributed by atoms with E-state index in [-0.39, 0.29) is 11.7 Å². The van der Waals surface area contributed by atoms with E-state index in [1.54, 1.807) is 0 Å². The number of hydrogen-bond acceptors (Lipinski definition) is 4. The Bertz CT molecular complexity index is 655. The van der Waals surface area contributed by atoms with Crippen LogP contribution in [0.3, 0.4) is 0 Å². The van der Waals surface area contributed by atoms with Crippen LogP contribution >= 0.6 is 0 Å². The van der Waals surface area contributed by atoms with Crippen molar-refractivity contribution in [2.75, 3.05) is 5.75 Å². The van der Waals surface area contributed by atoms with E-state index < -0.39 is 15.1 Å². The molecule has 0 radical (unpaired) electrons. The Balaban J connectivity index is 1.63. The minimum atomic E-state index is -3.26. The van der Waals surface area contributed by atoms with Crippen molar-refractivity contribution in [1.29, 1.82) is 0 Å². The molecular formula is C15H20N2O3S. The van der Waals surface area contributed by atoms with E-state index in [0.717, 1.165) is 25.1 Å². The van der Waals surface area contributed by atoms with Crippen LogP contribution in [0.1, 0.15) is 36.0 Å². The van der Waals surface area contributed by atoms with Gasteiger partial charge in [0, 0.05) is 19.6 Å². The zero-order chi connectivity index (χ0) is 14.9. The van der Waals surface area contributed by atoms with Crippen molar-refractivity contribution in [3.05, 3.63) is 34.9 Å². The van der Waals surface area contributed by atoms with Crippen molar-refractivity contribution in [2.24, 2.45) is 0 Å². The number of carbonyl (C=O) groups is 1. The van der Waals surface area contributed by atoms with Gasteiger partial charge in [-0.1, -0.05) is 24.6 Å². The van der Waals surface area contributed by atoms with Gasteiger partial charge in [-0.15, -0.1) is 0 Å². The summed E-state index contributed by atoms with van der Waals surface area (Å²) in [4.78, 5) is 12.1. The van der Waals surface area contributed by atoms with Crippen LogP contribution in [0.4, 0.5) is 0 Å². The van der Waals surface area contributed by atoms with Gasteiger partial charge in [-0.25, -0.2) is 8.42 Å². The van der Waals surface area contributed by atoms with Gasteiger partial charge in [0.05, 0.1) is 5.75 Å². The molecule has 0 aliphatic carbocycles. The van der Waals surface area contributed by atoms with Gasteiger partial charge in [0.15, 0.2) is 9.84 Å². The number of hydrogen-bond donors (Lipinski definition) is 2. The Morgan fingerprint density at radius 3 is 2.86 bits per heavy atom. The molecule has 5 nitrogen and oxygen atoms in total. The lowest BCUT2D eigenvalue weighted by Crippen LogP contribution is -2.42. The lowest BCUT2D eigenvalue weighted by atomic mass is 10.1. The summed E-state index contributed by atoms with van der Waals surface area (Å²) in [6, 6.07) is 6.13. The lowest BCUT2D eigenvalue weighted by Gasteiger charge is -2.21. The first kappa shape index (κ1) is 14.5. The normalized spacial score (nSPS) is 23.5. The van der Waals surface area contributed by atoms with Crippen LogP contribution in [0.25, 0.3) is 0 Å². The van der Waals surface area contributed by atoms with Crippen molar-refractivity contribution in [3.63, 3.8) is 0 Å². The fourth-order valence-corrected chi connectivity index (χ4v) is 4.84. The van der Waals surface area contributed by atoms with Crippen molar-refractivity contribution in [2.45, 2.75) is 44.1 Å². The molecule has 21 heavy (non-hydrogen) atoms. The van der Waals surface area contributed by atoms with Gasteiger partial charge >= 0.3 is 0 Å². The second-order valence-electron chi connectivity index (χ2n) is 5.78. The van der Waals surface area contributed by atoms with Crippen molar-refractivity contribution in [1.82, 2.24) is 10.6 Å². The molecule has 114 valence electrons. The summed E-state index contributed by atoms with van der Waals surface area (Å²) in [5.74, 6) is -0.219. The predicted octanol–water partition coefficient (Wildman–Crippen LogP) is 0.873. The SMILES string of the molecule is O=C(NCc1ccc2c(c1)CNC2)C1CCCCS1(=O)=O. The van der Waals surface area contributed by atoms with E-state index in [1.807, 2.05) is 6.07 Å². The van der Waals surface area contributed by atoms with Crippen LogP contribution in [0.15, 0.2) is 18.2 Å². The first-order valence-electron chi connectivity index (χ1n) is 7.37. The highest BCUT2D eigenvalue weighted by atomic mass is 32.2.